The molecule has 2 aromatic rings. The third-order valence-electron chi connectivity index (χ3n) is 4.67. The van der Waals surface area contributed by atoms with Crippen molar-refractivity contribution in [2.24, 2.45) is 5.92 Å². The molecule has 1 fully saturated rings. The van der Waals surface area contributed by atoms with Crippen molar-refractivity contribution in [2.75, 3.05) is 13.1 Å². The third kappa shape index (κ3) is 3.81. The van der Waals surface area contributed by atoms with Crippen LogP contribution in [-0.4, -0.2) is 33.5 Å². The fraction of sp³-hybridized carbons (Fsp3) is 0.444. The molecule has 0 amide bonds. The molecule has 26 heavy (non-hydrogen) atoms. The summed E-state index contributed by atoms with van der Waals surface area (Å²) in [7, 11) is 0. The molecule has 8 heteroatoms. The molecular formula is C18H20F3N3O2. The number of hydrogen-bond acceptors (Lipinski definition) is 5. The van der Waals surface area contributed by atoms with Crippen LogP contribution in [0.25, 0.3) is 11.3 Å². The second kappa shape index (κ2) is 7.20. The van der Waals surface area contributed by atoms with Gasteiger partial charge in [-0.25, -0.2) is 0 Å². The molecule has 1 aliphatic heterocycles. The van der Waals surface area contributed by atoms with Gasteiger partial charge >= 0.3 is 6.18 Å². The zero-order valence-corrected chi connectivity index (χ0v) is 14.2. The summed E-state index contributed by atoms with van der Waals surface area (Å²) in [5.41, 5.74) is 0.567. The van der Waals surface area contributed by atoms with E-state index in [4.69, 9.17) is 0 Å². The van der Waals surface area contributed by atoms with E-state index in [1.54, 1.807) is 13.0 Å². The number of aromatic hydroxyl groups is 1. The Morgan fingerprint density at radius 1 is 1.23 bits per heavy atom. The Morgan fingerprint density at radius 3 is 2.58 bits per heavy atom. The molecule has 1 aliphatic rings. The van der Waals surface area contributed by atoms with E-state index < -0.39 is 23.6 Å². The summed E-state index contributed by atoms with van der Waals surface area (Å²) < 4.78 is 38.2. The first-order valence-electron chi connectivity index (χ1n) is 8.41. The number of nitrogens with zero attached hydrogens (tertiary/aromatic N) is 2. The molecule has 0 spiro atoms. The van der Waals surface area contributed by atoms with Crippen molar-refractivity contribution in [1.29, 1.82) is 0 Å². The van der Waals surface area contributed by atoms with Crippen molar-refractivity contribution >= 4 is 0 Å². The van der Waals surface area contributed by atoms with E-state index >= 15 is 0 Å². The van der Waals surface area contributed by atoms with Gasteiger partial charge in [-0.2, -0.15) is 18.3 Å². The standard InChI is InChI=1S/C18H20F3N3O2/c1-10-7-14(17(26)11-3-2-6-22-9-11)23-24-16(10)13-5-4-12(8-15(13)25)18(19,20)21/h4-5,7-8,11,17,22,25-26H,2-3,6,9H2,1H3/t11?,17-/m1/s1. The van der Waals surface area contributed by atoms with Crippen molar-refractivity contribution in [2.45, 2.75) is 32.0 Å². The summed E-state index contributed by atoms with van der Waals surface area (Å²) >= 11 is 0. The maximum atomic E-state index is 12.7. The molecule has 1 unspecified atom stereocenters. The first kappa shape index (κ1) is 18.6. The lowest BCUT2D eigenvalue weighted by atomic mass is 9.91. The third-order valence-corrected chi connectivity index (χ3v) is 4.67. The number of piperidine rings is 1. The number of aliphatic hydroxyl groups is 1. The van der Waals surface area contributed by atoms with Gasteiger partial charge in [-0.3, -0.25) is 0 Å². The lowest BCUT2D eigenvalue weighted by molar-refractivity contribution is -0.137. The summed E-state index contributed by atoms with van der Waals surface area (Å²) in [5.74, 6) is -0.468. The Kier molecular flexibility index (Phi) is 5.15. The van der Waals surface area contributed by atoms with Crippen LogP contribution < -0.4 is 5.32 Å². The summed E-state index contributed by atoms with van der Waals surface area (Å²) in [5, 5.41) is 31.8. The van der Waals surface area contributed by atoms with Gasteiger partial charge in [0.05, 0.1) is 17.0 Å². The van der Waals surface area contributed by atoms with Crippen LogP contribution in [0.4, 0.5) is 13.2 Å². The number of hydrogen-bond donors (Lipinski definition) is 3. The van der Waals surface area contributed by atoms with Crippen LogP contribution in [-0.2, 0) is 6.18 Å². The normalized spacial score (nSPS) is 19.3. The maximum Gasteiger partial charge on any atom is 0.416 e. The fourth-order valence-electron chi connectivity index (χ4n) is 3.21. The maximum absolute atomic E-state index is 12.7. The number of aromatic nitrogens is 2. The second-order valence-electron chi connectivity index (χ2n) is 6.58. The highest BCUT2D eigenvalue weighted by atomic mass is 19.4. The van der Waals surface area contributed by atoms with E-state index in [-0.39, 0.29) is 17.2 Å². The number of phenolic OH excluding ortho intramolecular Hbond substituents is 1. The van der Waals surface area contributed by atoms with Gasteiger partial charge in [0.2, 0.25) is 0 Å². The average molecular weight is 367 g/mol. The number of nitrogens with one attached hydrogen (secondary N) is 1. The molecule has 5 nitrogen and oxygen atoms in total. The molecule has 0 saturated carbocycles. The Labute approximate surface area is 148 Å². The topological polar surface area (TPSA) is 78.3 Å². The zero-order valence-electron chi connectivity index (χ0n) is 14.2. The molecule has 1 aromatic carbocycles. The molecule has 3 rings (SSSR count). The van der Waals surface area contributed by atoms with Gasteiger partial charge in [0.15, 0.2) is 0 Å². The summed E-state index contributed by atoms with van der Waals surface area (Å²) in [6.45, 7) is 3.35. The minimum atomic E-state index is -4.53. The van der Waals surface area contributed by atoms with Gasteiger partial charge in [0.25, 0.3) is 0 Å². The van der Waals surface area contributed by atoms with Crippen molar-refractivity contribution < 1.29 is 23.4 Å². The number of aryl methyl sites for hydroxylation is 1. The summed E-state index contributed by atoms with van der Waals surface area (Å²) in [6.07, 6.45) is -3.43. The zero-order chi connectivity index (χ0) is 18.9. The van der Waals surface area contributed by atoms with Crippen LogP contribution in [0.1, 0.15) is 35.8 Å². The fourth-order valence-corrected chi connectivity index (χ4v) is 3.21. The lowest BCUT2D eigenvalue weighted by Gasteiger charge is -2.27. The minimum absolute atomic E-state index is 0.0442. The van der Waals surface area contributed by atoms with E-state index in [0.29, 0.717) is 23.9 Å². The Bertz CT molecular complexity index is 790. The molecule has 1 aromatic heterocycles. The van der Waals surface area contributed by atoms with Crippen molar-refractivity contribution in [3.63, 3.8) is 0 Å². The van der Waals surface area contributed by atoms with Crippen LogP contribution >= 0.6 is 0 Å². The van der Waals surface area contributed by atoms with Crippen molar-refractivity contribution in [3.8, 4) is 17.0 Å². The summed E-state index contributed by atoms with van der Waals surface area (Å²) in [4.78, 5) is 0. The molecule has 2 atom stereocenters. The number of benzene rings is 1. The molecule has 2 heterocycles. The van der Waals surface area contributed by atoms with Crippen molar-refractivity contribution in [1.82, 2.24) is 15.5 Å². The van der Waals surface area contributed by atoms with Crippen LogP contribution in [0.3, 0.4) is 0 Å². The number of halogens is 3. The first-order chi connectivity index (χ1) is 12.3. The van der Waals surface area contributed by atoms with Gasteiger partial charge in [-0.15, -0.1) is 5.10 Å². The lowest BCUT2D eigenvalue weighted by Crippen LogP contribution is -2.33. The minimum Gasteiger partial charge on any atom is -0.507 e. The predicted octanol–water partition coefficient (Wildman–Crippen LogP) is 3.21. The van der Waals surface area contributed by atoms with Crippen LogP contribution in [0.5, 0.6) is 5.75 Å². The second-order valence-corrected chi connectivity index (χ2v) is 6.58. The van der Waals surface area contributed by atoms with Gasteiger partial charge in [0.1, 0.15) is 11.9 Å². The number of alkyl halides is 3. The van der Waals surface area contributed by atoms with E-state index in [1.165, 1.54) is 6.07 Å². The monoisotopic (exact) mass is 367 g/mol. The van der Waals surface area contributed by atoms with Gasteiger partial charge < -0.3 is 15.5 Å². The van der Waals surface area contributed by atoms with E-state index in [0.717, 1.165) is 25.5 Å². The molecule has 0 bridgehead atoms. The van der Waals surface area contributed by atoms with E-state index in [1.807, 2.05) is 0 Å². The molecule has 140 valence electrons. The van der Waals surface area contributed by atoms with Crippen LogP contribution in [0.15, 0.2) is 24.3 Å². The van der Waals surface area contributed by atoms with Gasteiger partial charge in [0, 0.05) is 18.0 Å². The largest absolute Gasteiger partial charge is 0.507 e. The van der Waals surface area contributed by atoms with E-state index in [9.17, 15) is 23.4 Å². The van der Waals surface area contributed by atoms with Gasteiger partial charge in [-0.05, 0) is 56.1 Å². The quantitative estimate of drug-likeness (QED) is 0.777. The molecule has 0 aliphatic carbocycles. The average Bonchev–Trinajstić information content (AvgIpc) is 2.61. The Balaban J connectivity index is 1.88. The highest BCUT2D eigenvalue weighted by molar-refractivity contribution is 5.69. The summed E-state index contributed by atoms with van der Waals surface area (Å²) in [6, 6.07) is 4.41. The van der Waals surface area contributed by atoms with E-state index in [2.05, 4.69) is 15.5 Å². The Morgan fingerprint density at radius 2 is 2.00 bits per heavy atom. The molecule has 1 saturated heterocycles. The number of aliphatic hydroxyl groups excluding tert-OH is 1. The van der Waals surface area contributed by atoms with Crippen molar-refractivity contribution in [3.05, 3.63) is 41.1 Å². The predicted molar refractivity (Wildman–Crippen MR) is 89.4 cm³/mol. The number of phenols is 1. The first-order valence-corrected chi connectivity index (χ1v) is 8.41. The smallest absolute Gasteiger partial charge is 0.416 e. The highest BCUT2D eigenvalue weighted by Crippen LogP contribution is 2.37. The Hall–Kier alpha value is -2.19. The highest BCUT2D eigenvalue weighted by Gasteiger charge is 2.31. The molecule has 0 radical (unpaired) electrons. The van der Waals surface area contributed by atoms with Crippen LogP contribution in [0, 0.1) is 12.8 Å². The number of rotatable bonds is 3. The van der Waals surface area contributed by atoms with Crippen LogP contribution in [0.2, 0.25) is 0 Å². The van der Waals surface area contributed by atoms with Gasteiger partial charge in [-0.1, -0.05) is 0 Å². The molecule has 3 N–H and O–H groups in total. The SMILES string of the molecule is Cc1cc([C@H](O)C2CCCNC2)nnc1-c1ccc(C(F)(F)F)cc1O. The molecular weight excluding hydrogens is 347 g/mol.